The second-order valence-corrected chi connectivity index (χ2v) is 7.74. The topological polar surface area (TPSA) is 72.8 Å². The molecule has 0 aliphatic heterocycles. The van der Waals surface area contributed by atoms with Crippen LogP contribution in [0.15, 0.2) is 54.6 Å². The predicted octanol–water partition coefficient (Wildman–Crippen LogP) is 1.98. The van der Waals surface area contributed by atoms with Crippen molar-refractivity contribution in [1.29, 1.82) is 0 Å². The lowest BCUT2D eigenvalue weighted by atomic mass is 9.72. The number of rotatable bonds is 7. The Morgan fingerprint density at radius 2 is 1.77 bits per heavy atom. The minimum absolute atomic E-state index is 0.0807. The number of hydrogen-bond donors (Lipinski definition) is 1. The molecule has 158 valence electrons. The number of carbonyl (C=O) groups is 2. The van der Waals surface area contributed by atoms with Gasteiger partial charge in [-0.25, -0.2) is 0 Å². The Bertz CT molecular complexity index is 1280. The molecule has 3 aromatic rings. The van der Waals surface area contributed by atoms with E-state index in [4.69, 9.17) is 9.47 Å². The van der Waals surface area contributed by atoms with Crippen LogP contribution in [-0.2, 0) is 20.9 Å². The average molecular weight is 416 g/mol. The summed E-state index contributed by atoms with van der Waals surface area (Å²) in [6.07, 6.45) is 3.32. The summed E-state index contributed by atoms with van der Waals surface area (Å²) in [5.74, 6) is -0.814. The van der Waals surface area contributed by atoms with Crippen LogP contribution in [0.5, 0.6) is 0 Å². The van der Waals surface area contributed by atoms with E-state index < -0.39 is 11.5 Å². The van der Waals surface area contributed by atoms with Crippen LogP contribution >= 0.6 is 0 Å². The molecule has 1 N–H and O–H groups in total. The van der Waals surface area contributed by atoms with Crippen LogP contribution in [0.1, 0.15) is 21.5 Å². The van der Waals surface area contributed by atoms with Gasteiger partial charge in [0, 0.05) is 25.4 Å². The number of benzene rings is 3. The molecule has 5 heteroatoms. The Kier molecular flexibility index (Phi) is 5.83. The molecule has 0 bridgehead atoms. The molecule has 0 heterocycles. The molecule has 4 rings (SSSR count). The number of aldehydes is 2. The van der Waals surface area contributed by atoms with Crippen LogP contribution in [0.25, 0.3) is 22.4 Å². The van der Waals surface area contributed by atoms with Gasteiger partial charge in [-0.05, 0) is 38.4 Å². The second-order valence-electron chi connectivity index (χ2n) is 7.74. The molecule has 2 atom stereocenters. The van der Waals surface area contributed by atoms with Crippen molar-refractivity contribution >= 4 is 35.0 Å². The van der Waals surface area contributed by atoms with Gasteiger partial charge in [0.15, 0.2) is 0 Å². The molecular weight excluding hydrogens is 392 g/mol. The summed E-state index contributed by atoms with van der Waals surface area (Å²) in [5, 5.41) is 15.3. The molecule has 0 radical (unpaired) electrons. The first-order valence-corrected chi connectivity index (χ1v) is 10.1. The van der Waals surface area contributed by atoms with Crippen LogP contribution < -0.4 is 10.4 Å². The number of fused-ring (bicyclic) bond motifs is 2. The van der Waals surface area contributed by atoms with E-state index in [0.717, 1.165) is 33.8 Å². The van der Waals surface area contributed by atoms with Crippen LogP contribution in [0.3, 0.4) is 0 Å². The van der Waals surface area contributed by atoms with Gasteiger partial charge in [0.05, 0.1) is 19.1 Å². The maximum absolute atomic E-state index is 12.1. The number of carbonyl (C=O) groups excluding carboxylic acids is 2. The maximum Gasteiger partial charge on any atom is 0.150 e. The Morgan fingerprint density at radius 1 is 1.03 bits per heavy atom. The molecule has 0 amide bonds. The zero-order valence-corrected chi connectivity index (χ0v) is 17.5. The van der Waals surface area contributed by atoms with Gasteiger partial charge in [-0.3, -0.25) is 4.79 Å². The van der Waals surface area contributed by atoms with Gasteiger partial charge in [0.25, 0.3) is 0 Å². The van der Waals surface area contributed by atoms with Crippen molar-refractivity contribution in [3.05, 3.63) is 81.7 Å². The van der Waals surface area contributed by atoms with Gasteiger partial charge in [-0.15, -0.1) is 0 Å². The van der Waals surface area contributed by atoms with Crippen molar-refractivity contribution in [3.63, 3.8) is 0 Å². The molecular formula is C26H24O5. The van der Waals surface area contributed by atoms with E-state index in [1.54, 1.807) is 13.2 Å². The number of methoxy groups -OCH3 is 2. The fourth-order valence-corrected chi connectivity index (χ4v) is 4.60. The van der Waals surface area contributed by atoms with E-state index in [2.05, 4.69) is 0 Å². The zero-order chi connectivity index (χ0) is 22.0. The van der Waals surface area contributed by atoms with Gasteiger partial charge < -0.3 is 19.4 Å². The molecule has 0 spiro atoms. The highest BCUT2D eigenvalue weighted by Gasteiger charge is 2.43. The van der Waals surface area contributed by atoms with E-state index in [0.29, 0.717) is 22.3 Å². The van der Waals surface area contributed by atoms with Crippen molar-refractivity contribution in [2.75, 3.05) is 20.8 Å². The van der Waals surface area contributed by atoms with Gasteiger partial charge in [-0.1, -0.05) is 54.6 Å². The lowest BCUT2D eigenvalue weighted by Gasteiger charge is -2.37. The molecule has 1 aliphatic rings. The number of aliphatic hydroxyl groups is 1. The van der Waals surface area contributed by atoms with Crippen molar-refractivity contribution in [3.8, 4) is 0 Å². The molecule has 0 fully saturated rings. The van der Waals surface area contributed by atoms with E-state index in [-0.39, 0.29) is 13.2 Å². The summed E-state index contributed by atoms with van der Waals surface area (Å²) in [5.41, 5.74) is 0.808. The molecule has 31 heavy (non-hydrogen) atoms. The van der Waals surface area contributed by atoms with Crippen molar-refractivity contribution < 1.29 is 24.2 Å². The summed E-state index contributed by atoms with van der Waals surface area (Å²) < 4.78 is 10.9. The smallest absolute Gasteiger partial charge is 0.150 e. The molecule has 0 aromatic heterocycles. The number of ether oxygens (including phenoxy) is 2. The predicted molar refractivity (Wildman–Crippen MR) is 119 cm³/mol. The monoisotopic (exact) mass is 416 g/mol. The highest BCUT2D eigenvalue weighted by atomic mass is 16.5. The molecule has 1 aliphatic carbocycles. The summed E-state index contributed by atoms with van der Waals surface area (Å²) in [6, 6.07) is 17.1. The third-order valence-electron chi connectivity index (χ3n) is 5.94. The standard InChI is InChI=1S/C26H24O5/c1-30-15-23-19(13-27)11-17-7-3-5-9-21(17)24(23)25-22-10-6-4-8-18(22)12-20(14-28)26(25,29)16-31-2/h3-14,20,29H,15-16H2,1-2H3/t20?,26-/m1/s1. The SMILES string of the molecule is COCc1c(C=O)cc2ccccc2c1C1=c2ccccc2=CC(C=O)[C@]1(O)COC. The average Bonchev–Trinajstić information content (AvgIpc) is 2.79. The Balaban J connectivity index is 2.27. The molecule has 1 unspecified atom stereocenters. The van der Waals surface area contributed by atoms with Gasteiger partial charge >= 0.3 is 0 Å². The summed E-state index contributed by atoms with van der Waals surface area (Å²) >= 11 is 0. The largest absolute Gasteiger partial charge is 0.382 e. The molecule has 3 aromatic carbocycles. The first-order valence-electron chi connectivity index (χ1n) is 10.1. The highest BCUT2D eigenvalue weighted by Crippen LogP contribution is 2.40. The normalized spacial score (nSPS) is 20.2. The fraction of sp³-hybridized carbons (Fsp3) is 0.231. The summed E-state index contributed by atoms with van der Waals surface area (Å²) in [6.45, 7) is 0.0983. The minimum atomic E-state index is -1.61. The van der Waals surface area contributed by atoms with E-state index in [1.165, 1.54) is 7.11 Å². The minimum Gasteiger partial charge on any atom is -0.382 e. The molecule has 5 nitrogen and oxygen atoms in total. The van der Waals surface area contributed by atoms with Crippen molar-refractivity contribution in [2.45, 2.75) is 12.2 Å². The van der Waals surface area contributed by atoms with Crippen LogP contribution in [-0.4, -0.2) is 44.1 Å². The van der Waals surface area contributed by atoms with Crippen LogP contribution in [0, 0.1) is 5.92 Å². The molecule has 0 saturated carbocycles. The second kappa shape index (κ2) is 8.55. The third-order valence-corrected chi connectivity index (χ3v) is 5.94. The lowest BCUT2D eigenvalue weighted by molar-refractivity contribution is -0.115. The third kappa shape index (κ3) is 3.41. The van der Waals surface area contributed by atoms with Gasteiger partial charge in [0.1, 0.15) is 18.2 Å². The van der Waals surface area contributed by atoms with Crippen molar-refractivity contribution in [2.24, 2.45) is 5.92 Å². The quantitative estimate of drug-likeness (QED) is 0.597. The Hall–Kier alpha value is -3.12. The highest BCUT2D eigenvalue weighted by molar-refractivity contribution is 6.02. The van der Waals surface area contributed by atoms with Crippen molar-refractivity contribution in [1.82, 2.24) is 0 Å². The van der Waals surface area contributed by atoms with Crippen LogP contribution in [0.4, 0.5) is 0 Å². The summed E-state index contributed by atoms with van der Waals surface area (Å²) in [4.78, 5) is 24.1. The summed E-state index contributed by atoms with van der Waals surface area (Å²) in [7, 11) is 3.06. The first kappa shape index (κ1) is 21.1. The zero-order valence-electron chi connectivity index (χ0n) is 17.5. The van der Waals surface area contributed by atoms with Crippen LogP contribution in [0.2, 0.25) is 0 Å². The Labute approximate surface area is 180 Å². The lowest BCUT2D eigenvalue weighted by Crippen LogP contribution is -2.52. The van der Waals surface area contributed by atoms with E-state index in [1.807, 2.05) is 54.6 Å². The first-order chi connectivity index (χ1) is 15.1. The van der Waals surface area contributed by atoms with E-state index >= 15 is 0 Å². The van der Waals surface area contributed by atoms with Gasteiger partial charge in [-0.2, -0.15) is 0 Å². The molecule has 0 saturated heterocycles. The fourth-order valence-electron chi connectivity index (χ4n) is 4.60. The maximum atomic E-state index is 12.1. The Morgan fingerprint density at radius 3 is 2.48 bits per heavy atom. The van der Waals surface area contributed by atoms with Gasteiger partial charge in [0.2, 0.25) is 0 Å². The number of hydrogen-bond acceptors (Lipinski definition) is 5. The van der Waals surface area contributed by atoms with E-state index in [9.17, 15) is 14.7 Å².